The summed E-state index contributed by atoms with van der Waals surface area (Å²) in [7, 11) is 0. The molecule has 0 bridgehead atoms. The summed E-state index contributed by atoms with van der Waals surface area (Å²) in [5.41, 5.74) is -0.450. The van der Waals surface area contributed by atoms with Crippen molar-refractivity contribution in [3.63, 3.8) is 0 Å². The minimum atomic E-state index is -2.63. The molecule has 0 fully saturated rings. The molecule has 1 amide bonds. The zero-order chi connectivity index (χ0) is 23.4. The van der Waals surface area contributed by atoms with E-state index in [2.05, 4.69) is 53.4 Å². The first-order valence-corrected chi connectivity index (χ1v) is 21.2. The summed E-state index contributed by atoms with van der Waals surface area (Å²) in [6.45, 7) is 22.0. The second-order valence-corrected chi connectivity index (χ2v) is 26.7. The Morgan fingerprint density at radius 2 is 1.30 bits per heavy atom. The van der Waals surface area contributed by atoms with Gasteiger partial charge < -0.3 is 0 Å². The normalized spacial score (nSPS) is 13.9. The van der Waals surface area contributed by atoms with Crippen molar-refractivity contribution in [2.75, 3.05) is 5.88 Å². The van der Waals surface area contributed by atoms with Crippen LogP contribution in [0, 0.1) is 0 Å². The third kappa shape index (κ3) is 11.9. The van der Waals surface area contributed by atoms with Gasteiger partial charge >= 0.3 is 198 Å². The molecule has 0 heterocycles. The number of carbonyl (C=O) groups is 1. The number of ether oxygens (including phenoxy) is 1. The van der Waals surface area contributed by atoms with Gasteiger partial charge in [-0.25, -0.2) is 0 Å². The van der Waals surface area contributed by atoms with E-state index < -0.39 is 24.0 Å². The fourth-order valence-corrected chi connectivity index (χ4v) is 24.5. The molecule has 0 aromatic heterocycles. The Bertz CT molecular complexity index is 449. The zero-order valence-corrected chi connectivity index (χ0v) is 25.7. The molecule has 0 aromatic rings. The average Bonchev–Trinajstić information content (AvgIpc) is 2.63. The van der Waals surface area contributed by atoms with E-state index in [-0.39, 0.29) is 10.8 Å². The van der Waals surface area contributed by atoms with Crippen molar-refractivity contribution in [3.8, 4) is 0 Å². The van der Waals surface area contributed by atoms with Crippen LogP contribution in [-0.4, -0.2) is 49.7 Å². The molecule has 0 aromatic carbocycles. The van der Waals surface area contributed by atoms with Crippen LogP contribution in [-0.2, 0) is 4.74 Å². The van der Waals surface area contributed by atoms with Crippen molar-refractivity contribution in [1.29, 1.82) is 0 Å². The van der Waals surface area contributed by atoms with Crippen LogP contribution in [0.15, 0.2) is 0 Å². The molecule has 1 unspecified atom stereocenters. The molecule has 3 nitrogen and oxygen atoms in total. The van der Waals surface area contributed by atoms with Crippen LogP contribution in [0.2, 0.25) is 13.3 Å². The Balaban J connectivity index is 6.14. The van der Waals surface area contributed by atoms with Crippen molar-refractivity contribution in [1.82, 2.24) is 4.90 Å². The third-order valence-corrected chi connectivity index (χ3v) is 24.7. The molecule has 0 N–H and O–H groups in total. The third-order valence-electron chi connectivity index (χ3n) is 5.82. The number of hydrogen-bond acceptors (Lipinski definition) is 3. The summed E-state index contributed by atoms with van der Waals surface area (Å²) in [6.07, 6.45) is 8.76. The van der Waals surface area contributed by atoms with Gasteiger partial charge in [0.05, 0.1) is 0 Å². The molecule has 5 heteroatoms. The molecule has 0 saturated carbocycles. The van der Waals surface area contributed by atoms with Crippen molar-refractivity contribution >= 4 is 36.2 Å². The van der Waals surface area contributed by atoms with E-state index >= 15 is 0 Å². The second kappa shape index (κ2) is 14.5. The maximum atomic E-state index is 13.5. The van der Waals surface area contributed by atoms with E-state index in [0.29, 0.717) is 4.06 Å². The molecule has 0 radical (unpaired) electrons. The molecule has 0 aliphatic heterocycles. The molecule has 0 rings (SSSR count). The number of carbonyl (C=O) groups excluding carboxylic acids is 1. The quantitative estimate of drug-likeness (QED) is 0.160. The van der Waals surface area contributed by atoms with E-state index in [1.54, 1.807) is 0 Å². The zero-order valence-electron chi connectivity index (χ0n) is 22.0. The van der Waals surface area contributed by atoms with Crippen LogP contribution in [0.25, 0.3) is 0 Å². The van der Waals surface area contributed by atoms with Crippen LogP contribution in [0.3, 0.4) is 0 Å². The van der Waals surface area contributed by atoms with Crippen LogP contribution < -0.4 is 0 Å². The van der Waals surface area contributed by atoms with Gasteiger partial charge in [0.1, 0.15) is 0 Å². The summed E-state index contributed by atoms with van der Waals surface area (Å²) >= 11 is -0.740. The van der Waals surface area contributed by atoms with E-state index in [0.717, 1.165) is 12.3 Å². The standard InChI is InChI=1S/C13H26NO2S.3C4H9.Sn/c1-8-9-14(10-17-13(5,6)7)11(15)16-12(2,3)4;3*1-3-4-2;/h9H,8,10H2,1-7H3;3*1,3-4H2,2H3;. The van der Waals surface area contributed by atoms with Gasteiger partial charge in [0, 0.05) is 0 Å². The Morgan fingerprint density at radius 1 is 0.867 bits per heavy atom. The second-order valence-electron chi connectivity index (χ2n) is 10.9. The molecule has 0 aliphatic rings. The van der Waals surface area contributed by atoms with E-state index in [1.165, 1.54) is 51.8 Å². The predicted octanol–water partition coefficient (Wildman–Crippen LogP) is 8.88. The summed E-state index contributed by atoms with van der Waals surface area (Å²) in [6, 6.07) is 0. The van der Waals surface area contributed by atoms with E-state index in [9.17, 15) is 4.79 Å². The summed E-state index contributed by atoms with van der Waals surface area (Å²) in [5.74, 6) is 0.750. The predicted molar refractivity (Wildman–Crippen MR) is 139 cm³/mol. The molecule has 0 saturated heterocycles. The van der Waals surface area contributed by atoms with Crippen molar-refractivity contribution in [2.45, 2.75) is 142 Å². The summed E-state index contributed by atoms with van der Waals surface area (Å²) < 4.78 is 10.8. The van der Waals surface area contributed by atoms with Crippen molar-refractivity contribution in [3.05, 3.63) is 0 Å². The number of thioether (sulfide) groups is 1. The van der Waals surface area contributed by atoms with Crippen LogP contribution in [0.1, 0.15) is 114 Å². The molecule has 180 valence electrons. The Morgan fingerprint density at radius 3 is 1.60 bits per heavy atom. The Kier molecular flexibility index (Phi) is 14.7. The van der Waals surface area contributed by atoms with Gasteiger partial charge in [0.25, 0.3) is 0 Å². The SMILES string of the molecule is CCC[CH2][Sn]([CH2]CCC)([CH2]CCC)[CH](CC)N(CSC(C)(C)C)C(=O)OC(C)(C)C. The first-order valence-electron chi connectivity index (χ1n) is 12.5. The number of unbranched alkanes of at least 4 members (excludes halogenated alkanes) is 3. The van der Waals surface area contributed by atoms with Gasteiger partial charge in [-0.2, -0.15) is 0 Å². The molecule has 30 heavy (non-hydrogen) atoms. The summed E-state index contributed by atoms with van der Waals surface area (Å²) in [5, 5.41) is 0. The van der Waals surface area contributed by atoms with Gasteiger partial charge in [0.15, 0.2) is 0 Å². The van der Waals surface area contributed by atoms with Gasteiger partial charge in [-0.05, 0) is 0 Å². The molecule has 0 aliphatic carbocycles. The fraction of sp³-hybridized carbons (Fsp3) is 0.960. The van der Waals surface area contributed by atoms with Crippen molar-refractivity contribution < 1.29 is 9.53 Å². The van der Waals surface area contributed by atoms with E-state index in [1.807, 2.05) is 32.5 Å². The number of amides is 1. The molecular weight excluding hydrogens is 497 g/mol. The Hall–Kier alpha value is 0.419. The fourth-order valence-electron chi connectivity index (χ4n) is 4.30. The van der Waals surface area contributed by atoms with Crippen molar-refractivity contribution in [2.24, 2.45) is 0 Å². The topological polar surface area (TPSA) is 29.5 Å². The first-order chi connectivity index (χ1) is 13.9. The van der Waals surface area contributed by atoms with Gasteiger partial charge in [-0.1, -0.05) is 0 Å². The van der Waals surface area contributed by atoms with Gasteiger partial charge in [-0.3, -0.25) is 0 Å². The number of rotatable bonds is 14. The number of hydrogen-bond donors (Lipinski definition) is 0. The van der Waals surface area contributed by atoms with Crippen LogP contribution >= 0.6 is 11.8 Å². The molecular formula is C25H53NO2SSn. The van der Waals surface area contributed by atoms with Gasteiger partial charge in [-0.15, -0.1) is 0 Å². The van der Waals surface area contributed by atoms with Crippen LogP contribution in [0.4, 0.5) is 4.79 Å². The van der Waals surface area contributed by atoms with E-state index in [4.69, 9.17) is 4.74 Å². The van der Waals surface area contributed by atoms with Gasteiger partial charge in [0.2, 0.25) is 0 Å². The summed E-state index contributed by atoms with van der Waals surface area (Å²) in [4.78, 5) is 15.7. The van der Waals surface area contributed by atoms with Crippen LogP contribution in [0.5, 0.6) is 0 Å². The Labute approximate surface area is 197 Å². The maximum absolute atomic E-state index is 13.5. The first kappa shape index (κ1) is 30.4. The minimum absolute atomic E-state index is 0.0864. The monoisotopic (exact) mass is 551 g/mol. The number of nitrogens with zero attached hydrogens (tertiary/aromatic N) is 1. The molecule has 0 spiro atoms. The average molecular weight is 550 g/mol. The molecule has 1 atom stereocenters.